The van der Waals surface area contributed by atoms with Gasteiger partial charge in [-0.25, -0.2) is 0 Å². The average Bonchev–Trinajstić information content (AvgIpc) is 3.14. The number of hydrogen-bond donors (Lipinski definition) is 3. The molecule has 1 aliphatic rings. The van der Waals surface area contributed by atoms with Gasteiger partial charge in [0.25, 0.3) is 5.91 Å². The maximum atomic E-state index is 12.3. The van der Waals surface area contributed by atoms with Crippen LogP contribution in [0.25, 0.3) is 0 Å². The number of aryl methyl sites for hydroxylation is 1. The normalized spacial score (nSPS) is 16.3. The summed E-state index contributed by atoms with van der Waals surface area (Å²) in [5.41, 5.74) is 3.42. The van der Waals surface area contributed by atoms with Crippen LogP contribution in [0.5, 0.6) is 0 Å². The lowest BCUT2D eigenvalue weighted by atomic mass is 10.1. The topological polar surface area (TPSA) is 70.2 Å². The summed E-state index contributed by atoms with van der Waals surface area (Å²) in [5.74, 6) is -0.0861. The Labute approximate surface area is 154 Å². The highest BCUT2D eigenvalue weighted by Crippen LogP contribution is 2.13. The van der Waals surface area contributed by atoms with Gasteiger partial charge in [-0.05, 0) is 56.1 Å². The van der Waals surface area contributed by atoms with Crippen molar-refractivity contribution in [3.05, 3.63) is 65.2 Å². The second-order valence-corrected chi connectivity index (χ2v) is 6.79. The second kappa shape index (κ2) is 8.63. The Morgan fingerprint density at radius 3 is 2.69 bits per heavy atom. The van der Waals surface area contributed by atoms with E-state index in [4.69, 9.17) is 0 Å². The van der Waals surface area contributed by atoms with Crippen LogP contribution in [0.2, 0.25) is 0 Å². The van der Waals surface area contributed by atoms with Gasteiger partial charge in [0.2, 0.25) is 5.91 Å². The number of nitrogens with one attached hydrogen (secondary N) is 3. The zero-order valence-electron chi connectivity index (χ0n) is 15.0. The summed E-state index contributed by atoms with van der Waals surface area (Å²) in [6, 6.07) is 15.3. The van der Waals surface area contributed by atoms with Crippen LogP contribution >= 0.6 is 0 Å². The smallest absolute Gasteiger partial charge is 0.255 e. The van der Waals surface area contributed by atoms with Gasteiger partial charge in [-0.1, -0.05) is 29.8 Å². The van der Waals surface area contributed by atoms with Gasteiger partial charge >= 0.3 is 0 Å². The highest BCUT2D eigenvalue weighted by molar-refractivity contribution is 6.04. The monoisotopic (exact) mass is 351 g/mol. The van der Waals surface area contributed by atoms with Crippen LogP contribution in [0.15, 0.2) is 48.5 Å². The van der Waals surface area contributed by atoms with E-state index < -0.39 is 0 Å². The molecule has 5 heteroatoms. The van der Waals surface area contributed by atoms with E-state index in [1.165, 1.54) is 0 Å². The number of carbonyl (C=O) groups excluding carboxylic acids is 2. The summed E-state index contributed by atoms with van der Waals surface area (Å²) < 4.78 is 0. The lowest BCUT2D eigenvalue weighted by Crippen LogP contribution is -2.31. The number of amides is 2. The lowest BCUT2D eigenvalue weighted by molar-refractivity contribution is -0.121. The van der Waals surface area contributed by atoms with Crippen molar-refractivity contribution in [3.63, 3.8) is 0 Å². The van der Waals surface area contributed by atoms with Gasteiger partial charge in [0, 0.05) is 30.3 Å². The summed E-state index contributed by atoms with van der Waals surface area (Å²) in [7, 11) is 0. The van der Waals surface area contributed by atoms with Gasteiger partial charge < -0.3 is 16.0 Å². The molecular weight excluding hydrogens is 326 g/mol. The molecule has 2 aromatic rings. The van der Waals surface area contributed by atoms with Crippen molar-refractivity contribution in [1.82, 2.24) is 10.6 Å². The Morgan fingerprint density at radius 2 is 1.96 bits per heavy atom. The van der Waals surface area contributed by atoms with Crippen LogP contribution < -0.4 is 16.0 Å². The first-order valence-electron chi connectivity index (χ1n) is 9.07. The predicted molar refractivity (Wildman–Crippen MR) is 103 cm³/mol. The number of rotatable bonds is 6. The molecule has 2 aromatic carbocycles. The molecule has 0 radical (unpaired) electrons. The van der Waals surface area contributed by atoms with Crippen molar-refractivity contribution in [2.24, 2.45) is 0 Å². The van der Waals surface area contributed by atoms with Crippen molar-refractivity contribution < 1.29 is 9.59 Å². The Hall–Kier alpha value is -2.66. The standard InChI is InChI=1S/C21H25N3O2/c1-15-7-9-17(10-8-15)21(26)24-19-5-2-4-16(12-19)14-23-20(25)13-18-6-3-11-22-18/h2,4-5,7-10,12,18,22H,3,6,11,13-14H2,1H3,(H,23,25)(H,24,26). The van der Waals surface area contributed by atoms with E-state index in [0.717, 1.165) is 36.2 Å². The van der Waals surface area contributed by atoms with Crippen molar-refractivity contribution >= 4 is 17.5 Å². The molecule has 0 aliphatic carbocycles. The third kappa shape index (κ3) is 5.17. The molecule has 0 spiro atoms. The van der Waals surface area contributed by atoms with Gasteiger partial charge in [0.05, 0.1) is 0 Å². The van der Waals surface area contributed by atoms with E-state index in [1.807, 2.05) is 55.5 Å². The minimum Gasteiger partial charge on any atom is -0.352 e. The van der Waals surface area contributed by atoms with Crippen LogP contribution in [-0.4, -0.2) is 24.4 Å². The summed E-state index contributed by atoms with van der Waals surface area (Å²) in [5, 5.41) is 9.18. The van der Waals surface area contributed by atoms with E-state index in [0.29, 0.717) is 24.6 Å². The minimum absolute atomic E-state index is 0.0542. The first-order chi connectivity index (χ1) is 12.6. The zero-order chi connectivity index (χ0) is 18.4. The molecule has 5 nitrogen and oxygen atoms in total. The minimum atomic E-state index is -0.140. The molecule has 1 fully saturated rings. The van der Waals surface area contributed by atoms with Crippen molar-refractivity contribution in [2.45, 2.75) is 38.8 Å². The highest BCUT2D eigenvalue weighted by Gasteiger charge is 2.17. The van der Waals surface area contributed by atoms with Crippen molar-refractivity contribution in [2.75, 3.05) is 11.9 Å². The molecule has 3 rings (SSSR count). The predicted octanol–water partition coefficient (Wildman–Crippen LogP) is 3.01. The SMILES string of the molecule is Cc1ccc(C(=O)Nc2cccc(CNC(=O)CC3CCCN3)c2)cc1. The van der Waals surface area contributed by atoms with Crippen LogP contribution in [0, 0.1) is 6.92 Å². The fraction of sp³-hybridized carbons (Fsp3) is 0.333. The molecule has 0 aromatic heterocycles. The molecular formula is C21H25N3O2. The number of carbonyl (C=O) groups is 2. The Morgan fingerprint density at radius 1 is 1.15 bits per heavy atom. The molecule has 3 N–H and O–H groups in total. The van der Waals surface area contributed by atoms with Crippen LogP contribution in [0.3, 0.4) is 0 Å². The Balaban J connectivity index is 1.53. The number of hydrogen-bond acceptors (Lipinski definition) is 3. The number of anilines is 1. The van der Waals surface area contributed by atoms with Crippen molar-refractivity contribution in [1.29, 1.82) is 0 Å². The number of benzene rings is 2. The van der Waals surface area contributed by atoms with E-state index in [-0.39, 0.29) is 11.8 Å². The van der Waals surface area contributed by atoms with E-state index >= 15 is 0 Å². The molecule has 1 unspecified atom stereocenters. The largest absolute Gasteiger partial charge is 0.352 e. The fourth-order valence-electron chi connectivity index (χ4n) is 3.09. The zero-order valence-corrected chi connectivity index (χ0v) is 15.0. The first-order valence-corrected chi connectivity index (χ1v) is 9.07. The second-order valence-electron chi connectivity index (χ2n) is 6.79. The van der Waals surface area contributed by atoms with Gasteiger partial charge in [-0.15, -0.1) is 0 Å². The molecule has 1 atom stereocenters. The third-order valence-electron chi connectivity index (χ3n) is 4.58. The maximum Gasteiger partial charge on any atom is 0.255 e. The third-order valence-corrected chi connectivity index (χ3v) is 4.58. The van der Waals surface area contributed by atoms with Gasteiger partial charge in [0.15, 0.2) is 0 Å². The molecule has 26 heavy (non-hydrogen) atoms. The van der Waals surface area contributed by atoms with Gasteiger partial charge in [0.1, 0.15) is 0 Å². The van der Waals surface area contributed by atoms with Crippen molar-refractivity contribution in [3.8, 4) is 0 Å². The molecule has 136 valence electrons. The average molecular weight is 351 g/mol. The van der Waals surface area contributed by atoms with E-state index in [2.05, 4.69) is 16.0 Å². The molecule has 1 saturated heterocycles. The van der Waals surface area contributed by atoms with E-state index in [1.54, 1.807) is 0 Å². The lowest BCUT2D eigenvalue weighted by Gasteiger charge is -2.11. The maximum absolute atomic E-state index is 12.3. The fourth-order valence-corrected chi connectivity index (χ4v) is 3.09. The van der Waals surface area contributed by atoms with Gasteiger partial charge in [-0.3, -0.25) is 9.59 Å². The molecule has 1 heterocycles. The molecule has 2 amide bonds. The van der Waals surface area contributed by atoms with Gasteiger partial charge in [-0.2, -0.15) is 0 Å². The Bertz CT molecular complexity index is 765. The summed E-state index contributed by atoms with van der Waals surface area (Å²) in [6.45, 7) is 3.45. The Kier molecular flexibility index (Phi) is 6.02. The summed E-state index contributed by atoms with van der Waals surface area (Å²) in [4.78, 5) is 24.3. The summed E-state index contributed by atoms with van der Waals surface area (Å²) in [6.07, 6.45) is 2.72. The van der Waals surface area contributed by atoms with Crippen LogP contribution in [0.1, 0.15) is 40.7 Å². The highest BCUT2D eigenvalue weighted by atomic mass is 16.2. The molecule has 1 aliphatic heterocycles. The summed E-state index contributed by atoms with van der Waals surface area (Å²) >= 11 is 0. The van der Waals surface area contributed by atoms with E-state index in [9.17, 15) is 9.59 Å². The molecule has 0 bridgehead atoms. The quantitative estimate of drug-likeness (QED) is 0.749. The molecule has 0 saturated carbocycles. The van der Waals surface area contributed by atoms with Crippen LogP contribution in [0.4, 0.5) is 5.69 Å². The first kappa shape index (κ1) is 18.1. The van der Waals surface area contributed by atoms with Crippen LogP contribution in [-0.2, 0) is 11.3 Å².